The Morgan fingerprint density at radius 1 is 1.25 bits per heavy atom. The maximum absolute atomic E-state index is 9.96. The van der Waals surface area contributed by atoms with Gasteiger partial charge in [-0.3, -0.25) is 0 Å². The van der Waals surface area contributed by atoms with E-state index < -0.39 is 31.0 Å². The molecule has 72 valence electrons. The van der Waals surface area contributed by atoms with Gasteiger partial charge in [-0.05, 0) is 0 Å². The number of carbonyl (C=O) groups is 1. The van der Waals surface area contributed by atoms with E-state index in [1.165, 1.54) is 0 Å². The topological polar surface area (TPSA) is 118 Å². The van der Waals surface area contributed by atoms with Gasteiger partial charge in [-0.25, -0.2) is 0 Å². The summed E-state index contributed by atoms with van der Waals surface area (Å²) in [5.74, 6) is 0. The standard InChI is InChI=1S/C6H12O6/c7-1-3(9)5(11)6(12)4(10)2-8/h1,3-6,8-12H,2H2/t3-,4+,5+,6+/m0/s1/i1+1,2+1D2. The number of aldehydes is 1. The lowest BCUT2D eigenvalue weighted by Gasteiger charge is -2.22. The molecule has 0 rings (SSSR count). The molecule has 0 aromatic rings. The average molecular weight is 184 g/mol. The van der Waals surface area contributed by atoms with Crippen molar-refractivity contribution in [2.45, 2.75) is 24.4 Å². The fourth-order valence-electron chi connectivity index (χ4n) is 0.546. The zero-order chi connectivity index (χ0) is 11.5. The molecule has 0 saturated heterocycles. The molecule has 0 amide bonds. The number of carbonyl (C=O) groups excluding carboxylic acids is 1. The molecule has 0 spiro atoms. The van der Waals surface area contributed by atoms with Crippen LogP contribution in [0.15, 0.2) is 0 Å². The zero-order valence-electron chi connectivity index (χ0n) is 8.03. The van der Waals surface area contributed by atoms with Gasteiger partial charge < -0.3 is 30.3 Å². The molecule has 0 saturated carbocycles. The van der Waals surface area contributed by atoms with Crippen LogP contribution in [0.5, 0.6) is 0 Å². The van der Waals surface area contributed by atoms with E-state index in [0.29, 0.717) is 0 Å². The largest absolute Gasteiger partial charge is 0.394 e. The van der Waals surface area contributed by atoms with E-state index in [1.807, 2.05) is 0 Å². The molecule has 4 atom stereocenters. The summed E-state index contributed by atoms with van der Waals surface area (Å²) in [6.45, 7) is -3.14. The Hall–Kier alpha value is -0.530. The molecule has 0 radical (unpaired) electrons. The Balaban J connectivity index is 4.46. The highest BCUT2D eigenvalue weighted by molar-refractivity contribution is 5.56. The van der Waals surface area contributed by atoms with Crippen LogP contribution in [0.1, 0.15) is 2.74 Å². The van der Waals surface area contributed by atoms with Gasteiger partial charge >= 0.3 is 0 Å². The quantitative estimate of drug-likeness (QED) is 0.225. The molecule has 0 aromatic carbocycles. The molecule has 5 N–H and O–H groups in total. The number of rotatable bonds is 5. The molecule has 12 heavy (non-hydrogen) atoms. The van der Waals surface area contributed by atoms with Gasteiger partial charge in [0.05, 0.1) is 9.30 Å². The van der Waals surface area contributed by atoms with Crippen molar-refractivity contribution in [3.05, 3.63) is 0 Å². The van der Waals surface area contributed by atoms with Crippen molar-refractivity contribution in [2.75, 3.05) is 6.56 Å². The smallest absolute Gasteiger partial charge is 0.151 e. The SMILES string of the molecule is [2H][13C]([2H])(O)[C@@H](O)[C@@H](O)[C@H](O)[C@@H](O)[13CH]=O. The van der Waals surface area contributed by atoms with Gasteiger partial charge in [0.1, 0.15) is 24.4 Å². The third-order valence-corrected chi connectivity index (χ3v) is 1.30. The van der Waals surface area contributed by atoms with Crippen LogP contribution in [0.25, 0.3) is 0 Å². The van der Waals surface area contributed by atoms with E-state index in [2.05, 4.69) is 0 Å². The van der Waals surface area contributed by atoms with Crippen LogP contribution in [0.2, 0.25) is 0 Å². The van der Waals surface area contributed by atoms with Gasteiger partial charge in [-0.1, -0.05) is 0 Å². The molecule has 0 aliphatic heterocycles. The molecule has 6 heteroatoms. The lowest BCUT2D eigenvalue weighted by atomic mass is 10.1. The molecule has 0 aliphatic rings. The van der Waals surface area contributed by atoms with Crippen molar-refractivity contribution in [3.63, 3.8) is 0 Å². The molecule has 0 aromatic heterocycles. The molecule has 0 aliphatic carbocycles. The van der Waals surface area contributed by atoms with Crippen molar-refractivity contribution in [2.24, 2.45) is 0 Å². The highest BCUT2D eigenvalue weighted by Crippen LogP contribution is 2.02. The first kappa shape index (κ1) is 8.09. The summed E-state index contributed by atoms with van der Waals surface area (Å²) in [5.41, 5.74) is 0. The van der Waals surface area contributed by atoms with Crippen molar-refractivity contribution in [3.8, 4) is 0 Å². The Bertz CT molecular complexity index is 193. The maximum Gasteiger partial charge on any atom is 0.151 e. The average Bonchev–Trinajstić information content (AvgIpc) is 2.11. The number of hydrogen-bond donors (Lipinski definition) is 5. The minimum atomic E-state index is -3.14. The van der Waals surface area contributed by atoms with Crippen molar-refractivity contribution in [1.29, 1.82) is 0 Å². The van der Waals surface area contributed by atoms with Gasteiger partial charge in [0, 0.05) is 0 Å². The van der Waals surface area contributed by atoms with E-state index in [1.54, 1.807) is 0 Å². The van der Waals surface area contributed by atoms with E-state index in [4.69, 9.17) is 28.3 Å². The first-order valence-corrected chi connectivity index (χ1v) is 3.11. The first-order chi connectivity index (χ1) is 6.21. The Morgan fingerprint density at radius 3 is 2.08 bits per heavy atom. The third-order valence-electron chi connectivity index (χ3n) is 1.30. The summed E-state index contributed by atoms with van der Waals surface area (Å²) in [7, 11) is 0. The van der Waals surface area contributed by atoms with Crippen LogP contribution in [0, 0.1) is 0 Å². The molecule has 6 nitrogen and oxygen atoms in total. The molecule has 0 unspecified atom stereocenters. The highest BCUT2D eigenvalue weighted by atomic mass is 16.4. The van der Waals surface area contributed by atoms with Gasteiger partial charge in [0.25, 0.3) is 0 Å². The Kier molecular flexibility index (Phi) is 3.49. The fourth-order valence-corrected chi connectivity index (χ4v) is 0.546. The first-order valence-electron chi connectivity index (χ1n) is 4.11. The van der Waals surface area contributed by atoms with E-state index in [0.717, 1.165) is 0 Å². The second-order valence-corrected chi connectivity index (χ2v) is 2.18. The maximum atomic E-state index is 9.96. The van der Waals surface area contributed by atoms with E-state index in [-0.39, 0.29) is 6.29 Å². The van der Waals surface area contributed by atoms with E-state index >= 15 is 0 Å². The van der Waals surface area contributed by atoms with Gasteiger partial charge in [0.2, 0.25) is 0 Å². The van der Waals surface area contributed by atoms with Gasteiger partial charge in [-0.2, -0.15) is 0 Å². The summed E-state index contributed by atoms with van der Waals surface area (Å²) in [6, 6.07) is 0. The lowest BCUT2D eigenvalue weighted by Crippen LogP contribution is -2.46. The molecule has 0 heterocycles. The lowest BCUT2D eigenvalue weighted by molar-refractivity contribution is -0.136. The summed E-state index contributed by atoms with van der Waals surface area (Å²) in [5, 5.41) is 44.2. The van der Waals surface area contributed by atoms with Crippen LogP contribution in [-0.4, -0.2) is 62.8 Å². The summed E-state index contributed by atoms with van der Waals surface area (Å²) in [6.07, 6.45) is -8.61. The second-order valence-electron chi connectivity index (χ2n) is 2.18. The minimum absolute atomic E-state index is 0.0897. The molecular weight excluding hydrogens is 170 g/mol. The third kappa shape index (κ3) is 2.84. The van der Waals surface area contributed by atoms with Crippen molar-refractivity contribution < 1.29 is 33.1 Å². The second kappa shape index (κ2) is 5.18. The van der Waals surface area contributed by atoms with Crippen molar-refractivity contribution in [1.82, 2.24) is 0 Å². The minimum Gasteiger partial charge on any atom is -0.394 e. The molecular formula is C6H12O6. The van der Waals surface area contributed by atoms with Crippen LogP contribution >= 0.6 is 0 Å². The normalized spacial score (nSPS) is 24.8. The summed E-state index contributed by atoms with van der Waals surface area (Å²) >= 11 is 0. The van der Waals surface area contributed by atoms with Crippen molar-refractivity contribution >= 4 is 6.29 Å². The number of aliphatic hydroxyl groups is 5. The fraction of sp³-hybridized carbons (Fsp3) is 0.833. The summed E-state index contributed by atoms with van der Waals surface area (Å²) < 4.78 is 13.2. The van der Waals surface area contributed by atoms with Gasteiger partial charge in [-0.15, -0.1) is 0 Å². The molecule has 0 fully saturated rings. The van der Waals surface area contributed by atoms with E-state index in [9.17, 15) is 4.79 Å². The molecule has 0 bridgehead atoms. The van der Waals surface area contributed by atoms with Crippen LogP contribution in [0.4, 0.5) is 0 Å². The summed E-state index contributed by atoms with van der Waals surface area (Å²) in [4.78, 5) is 9.96. The highest BCUT2D eigenvalue weighted by Gasteiger charge is 2.29. The number of hydrogen-bond acceptors (Lipinski definition) is 6. The van der Waals surface area contributed by atoms with Crippen LogP contribution in [0.3, 0.4) is 0 Å². The van der Waals surface area contributed by atoms with Crippen LogP contribution in [-0.2, 0) is 4.79 Å². The zero-order valence-corrected chi connectivity index (χ0v) is 6.03. The predicted molar refractivity (Wildman–Crippen MR) is 37.2 cm³/mol. The monoisotopic (exact) mass is 184 g/mol. The number of aliphatic hydroxyl groups excluding tert-OH is 4. The van der Waals surface area contributed by atoms with Crippen LogP contribution < -0.4 is 0 Å². The predicted octanol–water partition coefficient (Wildman–Crippen LogP) is -3.38. The Labute approximate surface area is 71.5 Å². The van der Waals surface area contributed by atoms with Gasteiger partial charge in [0.15, 0.2) is 6.29 Å². The Morgan fingerprint density at radius 2 is 1.75 bits per heavy atom.